The van der Waals surface area contributed by atoms with Gasteiger partial charge in [0, 0.05) is 6.54 Å². The summed E-state index contributed by atoms with van der Waals surface area (Å²) in [4.78, 5) is 11.9. The summed E-state index contributed by atoms with van der Waals surface area (Å²) < 4.78 is 19.2. The van der Waals surface area contributed by atoms with Crippen LogP contribution in [0.25, 0.3) is 0 Å². The van der Waals surface area contributed by atoms with Crippen LogP contribution < -0.4 is 10.1 Å². The number of carbonyl (C=O) groups is 1. The molecule has 0 aromatic heterocycles. The molecule has 110 valence electrons. The fourth-order valence-corrected chi connectivity index (χ4v) is 2.29. The molecule has 2 aromatic rings. The molecule has 1 amide bonds. The minimum atomic E-state index is -0.545. The Labute approximate surface area is 131 Å². The predicted molar refractivity (Wildman–Crippen MR) is 83.1 cm³/mol. The Kier molecular flexibility index (Phi) is 5.33. The average molecular weight is 352 g/mol. The van der Waals surface area contributed by atoms with Crippen molar-refractivity contribution in [2.45, 2.75) is 6.42 Å². The van der Waals surface area contributed by atoms with E-state index in [2.05, 4.69) is 21.2 Å². The Morgan fingerprint density at radius 2 is 2.05 bits per heavy atom. The molecule has 0 saturated carbocycles. The van der Waals surface area contributed by atoms with E-state index in [1.165, 1.54) is 6.07 Å². The highest BCUT2D eigenvalue weighted by atomic mass is 79.9. The summed E-state index contributed by atoms with van der Waals surface area (Å²) in [6, 6.07) is 12.3. The standard InChI is InChI=1S/C16H15BrFNO2/c1-21-12-5-2-4-11(10-12)8-9-19-16(20)13-6-3-7-14(17)15(13)18/h2-7,10H,8-9H2,1H3,(H,19,20). The van der Waals surface area contributed by atoms with Crippen molar-refractivity contribution in [1.82, 2.24) is 5.32 Å². The highest BCUT2D eigenvalue weighted by molar-refractivity contribution is 9.10. The second-order valence-electron chi connectivity index (χ2n) is 4.46. The molecule has 5 heteroatoms. The molecule has 2 aromatic carbocycles. The molecule has 0 spiro atoms. The van der Waals surface area contributed by atoms with Crippen molar-refractivity contribution >= 4 is 21.8 Å². The normalized spacial score (nSPS) is 10.2. The Morgan fingerprint density at radius 1 is 1.29 bits per heavy atom. The number of amides is 1. The zero-order chi connectivity index (χ0) is 15.2. The monoisotopic (exact) mass is 351 g/mol. The Bertz CT molecular complexity index is 646. The van der Waals surface area contributed by atoms with Gasteiger partial charge >= 0.3 is 0 Å². The summed E-state index contributed by atoms with van der Waals surface area (Å²) in [5.74, 6) is -0.190. The van der Waals surface area contributed by atoms with Crippen LogP contribution in [-0.2, 0) is 6.42 Å². The topological polar surface area (TPSA) is 38.3 Å². The maximum absolute atomic E-state index is 13.8. The largest absolute Gasteiger partial charge is 0.497 e. The first-order valence-corrected chi connectivity index (χ1v) is 7.26. The maximum Gasteiger partial charge on any atom is 0.254 e. The number of carbonyl (C=O) groups excluding carboxylic acids is 1. The summed E-state index contributed by atoms with van der Waals surface area (Å²) in [6.45, 7) is 0.429. The molecule has 0 aliphatic carbocycles. The van der Waals surface area contributed by atoms with E-state index in [0.717, 1.165) is 11.3 Å². The molecule has 21 heavy (non-hydrogen) atoms. The van der Waals surface area contributed by atoms with Gasteiger partial charge in [-0.3, -0.25) is 4.79 Å². The first-order valence-electron chi connectivity index (χ1n) is 6.47. The van der Waals surface area contributed by atoms with Gasteiger partial charge in [0.1, 0.15) is 11.6 Å². The van der Waals surface area contributed by atoms with E-state index in [0.29, 0.717) is 13.0 Å². The van der Waals surface area contributed by atoms with Crippen LogP contribution >= 0.6 is 15.9 Å². The molecule has 0 atom stereocenters. The molecule has 0 radical (unpaired) electrons. The van der Waals surface area contributed by atoms with Crippen LogP contribution in [-0.4, -0.2) is 19.6 Å². The van der Waals surface area contributed by atoms with Crippen molar-refractivity contribution in [2.24, 2.45) is 0 Å². The van der Waals surface area contributed by atoms with Gasteiger partial charge in [0.25, 0.3) is 5.91 Å². The summed E-state index contributed by atoms with van der Waals surface area (Å²) in [5.41, 5.74) is 1.08. The lowest BCUT2D eigenvalue weighted by Crippen LogP contribution is -2.26. The van der Waals surface area contributed by atoms with E-state index in [1.54, 1.807) is 19.2 Å². The van der Waals surface area contributed by atoms with Gasteiger partial charge in [-0.25, -0.2) is 4.39 Å². The van der Waals surface area contributed by atoms with E-state index in [1.807, 2.05) is 24.3 Å². The second-order valence-corrected chi connectivity index (χ2v) is 5.31. The molecule has 0 aliphatic heterocycles. The molecule has 0 saturated heterocycles. The number of ether oxygens (including phenoxy) is 1. The summed E-state index contributed by atoms with van der Waals surface area (Å²) in [5, 5.41) is 2.71. The average Bonchev–Trinajstić information content (AvgIpc) is 2.50. The zero-order valence-electron chi connectivity index (χ0n) is 11.5. The molecule has 0 bridgehead atoms. The minimum absolute atomic E-state index is 0.0371. The highest BCUT2D eigenvalue weighted by Crippen LogP contribution is 2.18. The van der Waals surface area contributed by atoms with Gasteiger partial charge in [0.15, 0.2) is 0 Å². The lowest BCUT2D eigenvalue weighted by atomic mass is 10.1. The van der Waals surface area contributed by atoms with Crippen molar-refractivity contribution in [1.29, 1.82) is 0 Å². The third-order valence-electron chi connectivity index (χ3n) is 3.03. The number of rotatable bonds is 5. The minimum Gasteiger partial charge on any atom is -0.497 e. The van der Waals surface area contributed by atoms with Gasteiger partial charge in [-0.05, 0) is 52.2 Å². The molecule has 3 nitrogen and oxygen atoms in total. The first kappa shape index (κ1) is 15.5. The van der Waals surface area contributed by atoms with Crippen LogP contribution in [0.5, 0.6) is 5.75 Å². The lowest BCUT2D eigenvalue weighted by molar-refractivity contribution is 0.0950. The highest BCUT2D eigenvalue weighted by Gasteiger charge is 2.13. The molecular weight excluding hydrogens is 337 g/mol. The number of halogens is 2. The van der Waals surface area contributed by atoms with Crippen molar-refractivity contribution in [3.05, 3.63) is 63.9 Å². The predicted octanol–water partition coefficient (Wildman–Crippen LogP) is 3.57. The van der Waals surface area contributed by atoms with Gasteiger partial charge < -0.3 is 10.1 Å². The molecule has 2 rings (SSSR count). The van der Waals surface area contributed by atoms with E-state index in [4.69, 9.17) is 4.74 Å². The number of nitrogens with one attached hydrogen (secondary N) is 1. The van der Waals surface area contributed by atoms with Crippen LogP contribution in [0, 0.1) is 5.82 Å². The molecular formula is C16H15BrFNO2. The van der Waals surface area contributed by atoms with Gasteiger partial charge in [-0.1, -0.05) is 18.2 Å². The lowest BCUT2D eigenvalue weighted by Gasteiger charge is -2.08. The maximum atomic E-state index is 13.8. The third-order valence-corrected chi connectivity index (χ3v) is 3.64. The Morgan fingerprint density at radius 3 is 2.81 bits per heavy atom. The van der Waals surface area contributed by atoms with Crippen LogP contribution in [0.3, 0.4) is 0 Å². The summed E-state index contributed by atoms with van der Waals surface area (Å²) in [7, 11) is 1.61. The molecule has 0 fully saturated rings. The summed E-state index contributed by atoms with van der Waals surface area (Å²) in [6.07, 6.45) is 0.651. The van der Waals surface area contributed by atoms with Gasteiger partial charge in [-0.15, -0.1) is 0 Å². The number of hydrogen-bond donors (Lipinski definition) is 1. The van der Waals surface area contributed by atoms with E-state index >= 15 is 0 Å². The van der Waals surface area contributed by atoms with Gasteiger partial charge in [-0.2, -0.15) is 0 Å². The molecule has 0 aliphatic rings. The number of benzene rings is 2. The van der Waals surface area contributed by atoms with Crippen molar-refractivity contribution < 1.29 is 13.9 Å². The van der Waals surface area contributed by atoms with Crippen molar-refractivity contribution in [2.75, 3.05) is 13.7 Å². The SMILES string of the molecule is COc1cccc(CCNC(=O)c2cccc(Br)c2F)c1. The molecule has 0 unspecified atom stereocenters. The molecule has 1 N–H and O–H groups in total. The molecule has 0 heterocycles. The van der Waals surface area contributed by atoms with Crippen molar-refractivity contribution in [3.8, 4) is 5.75 Å². The zero-order valence-corrected chi connectivity index (χ0v) is 13.1. The van der Waals surface area contributed by atoms with Gasteiger partial charge in [0.2, 0.25) is 0 Å². The van der Waals surface area contributed by atoms with Crippen LogP contribution in [0.4, 0.5) is 4.39 Å². The first-order chi connectivity index (χ1) is 10.1. The van der Waals surface area contributed by atoms with E-state index in [-0.39, 0.29) is 10.0 Å². The fraction of sp³-hybridized carbons (Fsp3) is 0.188. The van der Waals surface area contributed by atoms with Gasteiger partial charge in [0.05, 0.1) is 17.1 Å². The van der Waals surface area contributed by atoms with E-state index < -0.39 is 11.7 Å². The number of hydrogen-bond acceptors (Lipinski definition) is 2. The smallest absolute Gasteiger partial charge is 0.254 e. The Balaban J connectivity index is 1.94. The quantitative estimate of drug-likeness (QED) is 0.894. The van der Waals surface area contributed by atoms with Crippen LogP contribution in [0.1, 0.15) is 15.9 Å². The van der Waals surface area contributed by atoms with Crippen LogP contribution in [0.15, 0.2) is 46.9 Å². The van der Waals surface area contributed by atoms with Crippen LogP contribution in [0.2, 0.25) is 0 Å². The second kappa shape index (κ2) is 7.22. The van der Waals surface area contributed by atoms with Crippen molar-refractivity contribution in [3.63, 3.8) is 0 Å². The Hall–Kier alpha value is -1.88. The fourth-order valence-electron chi connectivity index (χ4n) is 1.92. The van der Waals surface area contributed by atoms with E-state index in [9.17, 15) is 9.18 Å². The summed E-state index contributed by atoms with van der Waals surface area (Å²) >= 11 is 3.07. The number of methoxy groups -OCH3 is 1. The third kappa shape index (κ3) is 4.04.